The first kappa shape index (κ1) is 12.3. The molecule has 1 aromatic carbocycles. The quantitative estimate of drug-likeness (QED) is 0.802. The number of nitrogen functional groups attached to an aromatic ring is 1. The Balaban J connectivity index is 1.84. The minimum Gasteiger partial charge on any atom is -0.399 e. The summed E-state index contributed by atoms with van der Waals surface area (Å²) in [5, 5.41) is 4.85. The van der Waals surface area contributed by atoms with Gasteiger partial charge in [0.1, 0.15) is 0 Å². The van der Waals surface area contributed by atoms with Crippen LogP contribution >= 0.6 is 0 Å². The van der Waals surface area contributed by atoms with Crippen LogP contribution in [0, 0.1) is 5.92 Å². The van der Waals surface area contributed by atoms with Gasteiger partial charge in [-0.2, -0.15) is 0 Å². The molecule has 1 aliphatic rings. The minimum absolute atomic E-state index is 0.597. The van der Waals surface area contributed by atoms with Gasteiger partial charge in [-0.25, -0.2) is 0 Å². The van der Waals surface area contributed by atoms with Crippen LogP contribution in [0.5, 0.6) is 0 Å². The second kappa shape index (κ2) is 5.08. The van der Waals surface area contributed by atoms with Crippen LogP contribution in [0.2, 0.25) is 0 Å². The molecule has 19 heavy (non-hydrogen) atoms. The first-order valence-corrected chi connectivity index (χ1v) is 7.13. The fraction of sp³-hybridized carbons (Fsp3) is 0.438. The van der Waals surface area contributed by atoms with E-state index in [1.165, 1.54) is 31.4 Å². The van der Waals surface area contributed by atoms with E-state index in [1.807, 2.05) is 18.3 Å². The van der Waals surface area contributed by atoms with Gasteiger partial charge in [-0.05, 0) is 55.9 Å². The number of rotatable bonds is 2. The Bertz CT molecular complexity index is 571. The molecule has 100 valence electrons. The van der Waals surface area contributed by atoms with E-state index >= 15 is 0 Å². The van der Waals surface area contributed by atoms with E-state index in [0.29, 0.717) is 6.04 Å². The van der Waals surface area contributed by atoms with Crippen LogP contribution in [0.25, 0.3) is 10.9 Å². The second-order valence-corrected chi connectivity index (χ2v) is 5.74. The molecule has 1 saturated carbocycles. The highest BCUT2D eigenvalue weighted by Gasteiger charge is 2.18. The maximum absolute atomic E-state index is 5.81. The van der Waals surface area contributed by atoms with E-state index in [1.54, 1.807) is 0 Å². The summed E-state index contributed by atoms with van der Waals surface area (Å²) < 4.78 is 0. The SMILES string of the molecule is CC1CCC(Nc2ccnc3cc(N)ccc23)CC1. The van der Waals surface area contributed by atoms with E-state index in [4.69, 9.17) is 5.73 Å². The lowest BCUT2D eigenvalue weighted by atomic mass is 9.87. The van der Waals surface area contributed by atoms with Crippen molar-refractivity contribution >= 4 is 22.3 Å². The van der Waals surface area contributed by atoms with Gasteiger partial charge in [0, 0.05) is 29.0 Å². The standard InChI is InChI=1S/C16H21N3/c1-11-2-5-13(6-3-11)19-15-8-9-18-16-10-12(17)4-7-14(15)16/h4,7-11,13H,2-3,5-6,17H2,1H3,(H,18,19). The van der Waals surface area contributed by atoms with Gasteiger partial charge in [-0.3, -0.25) is 4.98 Å². The zero-order chi connectivity index (χ0) is 13.2. The molecule has 0 radical (unpaired) electrons. The molecule has 0 unspecified atom stereocenters. The number of aromatic nitrogens is 1. The Kier molecular flexibility index (Phi) is 3.28. The van der Waals surface area contributed by atoms with Crippen molar-refractivity contribution in [1.82, 2.24) is 4.98 Å². The molecule has 3 N–H and O–H groups in total. The molecule has 0 spiro atoms. The van der Waals surface area contributed by atoms with Crippen LogP contribution in [0.1, 0.15) is 32.6 Å². The molecule has 2 aromatic rings. The Morgan fingerprint density at radius 3 is 2.74 bits per heavy atom. The predicted octanol–water partition coefficient (Wildman–Crippen LogP) is 3.81. The van der Waals surface area contributed by atoms with Gasteiger partial charge < -0.3 is 11.1 Å². The summed E-state index contributed by atoms with van der Waals surface area (Å²) in [5.41, 5.74) is 8.73. The average Bonchev–Trinajstić information content (AvgIpc) is 2.41. The predicted molar refractivity (Wildman–Crippen MR) is 81.2 cm³/mol. The number of hydrogen-bond acceptors (Lipinski definition) is 3. The van der Waals surface area contributed by atoms with Crippen LogP contribution < -0.4 is 11.1 Å². The number of anilines is 2. The summed E-state index contributed by atoms with van der Waals surface area (Å²) in [4.78, 5) is 4.39. The Morgan fingerprint density at radius 2 is 1.95 bits per heavy atom. The van der Waals surface area contributed by atoms with Gasteiger partial charge in [0.25, 0.3) is 0 Å². The highest BCUT2D eigenvalue weighted by Crippen LogP contribution is 2.29. The highest BCUT2D eigenvalue weighted by atomic mass is 14.9. The first-order chi connectivity index (χ1) is 9.22. The maximum atomic E-state index is 5.81. The Morgan fingerprint density at radius 1 is 1.16 bits per heavy atom. The molecule has 3 nitrogen and oxygen atoms in total. The lowest BCUT2D eigenvalue weighted by Crippen LogP contribution is -2.25. The van der Waals surface area contributed by atoms with Crippen LogP contribution in [-0.4, -0.2) is 11.0 Å². The van der Waals surface area contributed by atoms with Crippen LogP contribution in [-0.2, 0) is 0 Å². The number of hydrogen-bond donors (Lipinski definition) is 2. The number of fused-ring (bicyclic) bond motifs is 1. The van der Waals surface area contributed by atoms with Crippen molar-refractivity contribution in [2.24, 2.45) is 5.92 Å². The molecule has 0 amide bonds. The molecular weight excluding hydrogens is 234 g/mol. The molecular formula is C16H21N3. The highest BCUT2D eigenvalue weighted by molar-refractivity contribution is 5.92. The smallest absolute Gasteiger partial charge is 0.0743 e. The van der Waals surface area contributed by atoms with Crippen molar-refractivity contribution in [3.63, 3.8) is 0 Å². The normalized spacial score (nSPS) is 23.4. The molecule has 0 aliphatic heterocycles. The largest absolute Gasteiger partial charge is 0.399 e. The van der Waals surface area contributed by atoms with Crippen LogP contribution in [0.4, 0.5) is 11.4 Å². The van der Waals surface area contributed by atoms with E-state index in [0.717, 1.165) is 22.5 Å². The third-order valence-electron chi connectivity index (χ3n) is 4.14. The Hall–Kier alpha value is -1.77. The average molecular weight is 255 g/mol. The van der Waals surface area contributed by atoms with E-state index in [2.05, 4.69) is 29.4 Å². The lowest BCUT2D eigenvalue weighted by molar-refractivity contribution is 0.361. The summed E-state index contributed by atoms with van der Waals surface area (Å²) in [6.07, 6.45) is 7.04. The van der Waals surface area contributed by atoms with Crippen molar-refractivity contribution in [3.05, 3.63) is 30.5 Å². The van der Waals surface area contributed by atoms with Gasteiger partial charge in [0.15, 0.2) is 0 Å². The molecule has 0 saturated heterocycles. The Labute approximate surface area is 114 Å². The molecule has 0 bridgehead atoms. The molecule has 1 heterocycles. The van der Waals surface area contributed by atoms with E-state index in [9.17, 15) is 0 Å². The molecule has 1 aliphatic carbocycles. The van der Waals surface area contributed by atoms with E-state index in [-0.39, 0.29) is 0 Å². The number of benzene rings is 1. The topological polar surface area (TPSA) is 50.9 Å². The molecule has 3 heteroatoms. The fourth-order valence-electron chi connectivity index (χ4n) is 2.92. The fourth-order valence-corrected chi connectivity index (χ4v) is 2.92. The van der Waals surface area contributed by atoms with Crippen LogP contribution in [0.15, 0.2) is 30.5 Å². The van der Waals surface area contributed by atoms with Crippen LogP contribution in [0.3, 0.4) is 0 Å². The monoisotopic (exact) mass is 255 g/mol. The second-order valence-electron chi connectivity index (χ2n) is 5.74. The molecule has 1 aromatic heterocycles. The van der Waals surface area contributed by atoms with Crippen molar-refractivity contribution in [3.8, 4) is 0 Å². The number of nitrogens with two attached hydrogens (primary N) is 1. The van der Waals surface area contributed by atoms with Gasteiger partial charge in [0.2, 0.25) is 0 Å². The summed E-state index contributed by atoms with van der Waals surface area (Å²) in [5.74, 6) is 0.882. The van der Waals surface area contributed by atoms with Gasteiger partial charge in [-0.15, -0.1) is 0 Å². The number of nitrogens with zero attached hydrogens (tertiary/aromatic N) is 1. The van der Waals surface area contributed by atoms with Gasteiger partial charge in [0.05, 0.1) is 5.52 Å². The minimum atomic E-state index is 0.597. The van der Waals surface area contributed by atoms with E-state index < -0.39 is 0 Å². The lowest BCUT2D eigenvalue weighted by Gasteiger charge is -2.28. The summed E-state index contributed by atoms with van der Waals surface area (Å²) >= 11 is 0. The van der Waals surface area contributed by atoms with Crippen molar-refractivity contribution in [2.75, 3.05) is 11.1 Å². The molecule has 3 rings (SSSR count). The zero-order valence-corrected chi connectivity index (χ0v) is 11.4. The first-order valence-electron chi connectivity index (χ1n) is 7.13. The van der Waals surface area contributed by atoms with Crippen molar-refractivity contribution in [2.45, 2.75) is 38.6 Å². The van der Waals surface area contributed by atoms with Crippen molar-refractivity contribution in [1.29, 1.82) is 0 Å². The summed E-state index contributed by atoms with van der Waals surface area (Å²) in [7, 11) is 0. The summed E-state index contributed by atoms with van der Waals surface area (Å²) in [6, 6.07) is 8.60. The van der Waals surface area contributed by atoms with Crippen molar-refractivity contribution < 1.29 is 0 Å². The number of pyridine rings is 1. The number of nitrogens with one attached hydrogen (secondary N) is 1. The molecule has 1 fully saturated rings. The maximum Gasteiger partial charge on any atom is 0.0743 e. The zero-order valence-electron chi connectivity index (χ0n) is 11.4. The molecule has 0 atom stereocenters. The third kappa shape index (κ3) is 2.65. The van der Waals surface area contributed by atoms with Gasteiger partial charge in [-0.1, -0.05) is 6.92 Å². The van der Waals surface area contributed by atoms with Gasteiger partial charge >= 0.3 is 0 Å². The summed E-state index contributed by atoms with van der Waals surface area (Å²) in [6.45, 7) is 2.35. The third-order valence-corrected chi connectivity index (χ3v) is 4.14.